The van der Waals surface area contributed by atoms with Crippen LogP contribution in [0.4, 0.5) is 5.69 Å². The smallest absolute Gasteiger partial charge is 0.247 e. The lowest BCUT2D eigenvalue weighted by molar-refractivity contribution is -0.126. The lowest BCUT2D eigenvalue weighted by Crippen LogP contribution is -2.45. The minimum atomic E-state index is -0.915. The van der Waals surface area contributed by atoms with Gasteiger partial charge in [-0.3, -0.25) is 14.4 Å². The number of halogens is 4. The van der Waals surface area contributed by atoms with Gasteiger partial charge in [0.25, 0.3) is 0 Å². The molecule has 0 bridgehead atoms. The molecule has 0 aliphatic heterocycles. The van der Waals surface area contributed by atoms with E-state index in [1.165, 1.54) is 6.92 Å². The lowest BCUT2D eigenvalue weighted by atomic mass is 10.0. The minimum absolute atomic E-state index is 0.00666. The average Bonchev–Trinajstić information content (AvgIpc) is 2.91. The molecule has 0 radical (unpaired) electrons. The predicted octanol–water partition coefficient (Wildman–Crippen LogP) is 6.26. The van der Waals surface area contributed by atoms with Crippen molar-refractivity contribution in [1.29, 1.82) is 0 Å². The van der Waals surface area contributed by atoms with Crippen LogP contribution < -0.4 is 25.4 Å². The molecule has 4 N–H and O–H groups in total. The molecule has 3 aromatic carbocycles. The van der Waals surface area contributed by atoms with Gasteiger partial charge in [0.1, 0.15) is 23.3 Å². The average molecular weight is 835 g/mol. The Morgan fingerprint density at radius 3 is 2.10 bits per heavy atom. The maximum absolute atomic E-state index is 13.4. The van der Waals surface area contributed by atoms with Crippen LogP contribution >= 0.6 is 63.7 Å². The van der Waals surface area contributed by atoms with Gasteiger partial charge in [0, 0.05) is 25.6 Å². The van der Waals surface area contributed by atoms with Crippen molar-refractivity contribution in [3.8, 4) is 17.2 Å². The first-order valence-corrected chi connectivity index (χ1v) is 15.9. The van der Waals surface area contributed by atoms with E-state index < -0.39 is 11.9 Å². The third-order valence-corrected chi connectivity index (χ3v) is 8.28. The molecular formula is C29H29Br4N3O6. The predicted molar refractivity (Wildman–Crippen MR) is 175 cm³/mol. The van der Waals surface area contributed by atoms with E-state index in [9.17, 15) is 19.5 Å². The largest absolute Gasteiger partial charge is 0.506 e. The van der Waals surface area contributed by atoms with E-state index in [-0.39, 0.29) is 30.4 Å². The molecule has 0 aliphatic rings. The second-order valence-corrected chi connectivity index (χ2v) is 12.6. The Labute approximate surface area is 277 Å². The second kappa shape index (κ2) is 16.3. The monoisotopic (exact) mass is 831 g/mol. The number of phenolic OH excluding ortho intramolecular Hbond substituents is 1. The zero-order valence-corrected chi connectivity index (χ0v) is 29.1. The van der Waals surface area contributed by atoms with Crippen molar-refractivity contribution in [2.75, 3.05) is 25.6 Å². The van der Waals surface area contributed by atoms with Crippen LogP contribution in [0.1, 0.15) is 24.5 Å². The molecule has 0 aliphatic carbocycles. The van der Waals surface area contributed by atoms with Crippen molar-refractivity contribution >= 4 is 87.1 Å². The van der Waals surface area contributed by atoms with E-state index in [0.29, 0.717) is 54.6 Å². The maximum atomic E-state index is 13.4. The van der Waals surface area contributed by atoms with E-state index in [1.807, 2.05) is 12.1 Å². The molecule has 0 saturated carbocycles. The summed E-state index contributed by atoms with van der Waals surface area (Å²) in [5.74, 6) is 0.428. The van der Waals surface area contributed by atoms with Crippen LogP contribution in [0, 0.1) is 0 Å². The van der Waals surface area contributed by atoms with Gasteiger partial charge in [0.2, 0.25) is 17.7 Å². The zero-order valence-electron chi connectivity index (χ0n) is 22.7. The number of nitrogens with one attached hydrogen (secondary N) is 3. The third-order valence-electron chi connectivity index (χ3n) is 5.89. The van der Waals surface area contributed by atoms with Crippen molar-refractivity contribution in [3.05, 3.63) is 77.5 Å². The molecule has 0 fully saturated rings. The van der Waals surface area contributed by atoms with Gasteiger partial charge in [-0.1, -0.05) is 12.1 Å². The number of ether oxygens (including phenoxy) is 2. The summed E-state index contributed by atoms with van der Waals surface area (Å²) in [5.41, 5.74) is 1.96. The van der Waals surface area contributed by atoms with Gasteiger partial charge in [0.05, 0.1) is 38.0 Å². The standard InChI is InChI=1S/C29H29Br4N3O6/c1-16(37)34-8-3-9-42-20-6-4-17(5-7-20)13-26(38)36-25(12-18-10-23(32)28(41-2)24(33)11-18)29(40)35-19-14-21(30)27(39)22(31)15-19/h4-7,10-11,14-15,25,39H,3,8-9,12-13H2,1-2H3,(H,34,37)(H,35,40)(H,36,38). The maximum Gasteiger partial charge on any atom is 0.247 e. The highest BCUT2D eigenvalue weighted by atomic mass is 79.9. The minimum Gasteiger partial charge on any atom is -0.506 e. The number of methoxy groups -OCH3 is 1. The molecule has 13 heteroatoms. The zero-order chi connectivity index (χ0) is 30.8. The fourth-order valence-corrected chi connectivity index (χ4v) is 6.69. The van der Waals surface area contributed by atoms with E-state index >= 15 is 0 Å². The van der Waals surface area contributed by atoms with Crippen molar-refractivity contribution in [2.45, 2.75) is 32.2 Å². The Balaban J connectivity index is 1.71. The molecule has 224 valence electrons. The first-order chi connectivity index (χ1) is 20.0. The fourth-order valence-electron chi connectivity index (χ4n) is 3.90. The van der Waals surface area contributed by atoms with E-state index in [4.69, 9.17) is 9.47 Å². The van der Waals surface area contributed by atoms with Crippen molar-refractivity contribution < 1.29 is 29.0 Å². The summed E-state index contributed by atoms with van der Waals surface area (Å²) in [6.45, 7) is 2.45. The van der Waals surface area contributed by atoms with Crippen molar-refractivity contribution in [3.63, 3.8) is 0 Å². The highest BCUT2D eigenvalue weighted by Gasteiger charge is 2.23. The summed E-state index contributed by atoms with van der Waals surface area (Å²) in [4.78, 5) is 37.5. The van der Waals surface area contributed by atoms with Crippen LogP contribution in [0.3, 0.4) is 0 Å². The normalized spacial score (nSPS) is 11.4. The Morgan fingerprint density at radius 2 is 1.52 bits per heavy atom. The lowest BCUT2D eigenvalue weighted by Gasteiger charge is -2.20. The molecule has 1 unspecified atom stereocenters. The van der Waals surface area contributed by atoms with Crippen LogP contribution in [0.25, 0.3) is 0 Å². The molecular weight excluding hydrogens is 806 g/mol. The van der Waals surface area contributed by atoms with Gasteiger partial charge >= 0.3 is 0 Å². The highest BCUT2D eigenvalue weighted by molar-refractivity contribution is 9.11. The number of benzene rings is 3. The molecule has 0 aromatic heterocycles. The molecule has 3 amide bonds. The fraction of sp³-hybridized carbons (Fsp3) is 0.276. The van der Waals surface area contributed by atoms with Crippen LogP contribution in [0.5, 0.6) is 17.2 Å². The first-order valence-electron chi connectivity index (χ1n) is 12.7. The summed E-state index contributed by atoms with van der Waals surface area (Å²) >= 11 is 13.5. The number of anilines is 1. The van der Waals surface area contributed by atoms with Crippen molar-refractivity contribution in [1.82, 2.24) is 10.6 Å². The summed E-state index contributed by atoms with van der Waals surface area (Å²) in [6, 6.07) is 13.0. The molecule has 3 aromatic rings. The van der Waals surface area contributed by atoms with E-state index in [2.05, 4.69) is 79.7 Å². The quantitative estimate of drug-likeness (QED) is 0.119. The molecule has 0 spiro atoms. The third kappa shape index (κ3) is 10.3. The number of carbonyl (C=O) groups excluding carboxylic acids is 3. The van der Waals surface area contributed by atoms with Crippen LogP contribution in [0.15, 0.2) is 66.4 Å². The van der Waals surface area contributed by atoms with Gasteiger partial charge in [-0.05, 0) is 118 Å². The van der Waals surface area contributed by atoms with Gasteiger partial charge in [0.15, 0.2) is 0 Å². The molecule has 42 heavy (non-hydrogen) atoms. The Morgan fingerprint density at radius 1 is 0.905 bits per heavy atom. The van der Waals surface area contributed by atoms with E-state index in [1.54, 1.807) is 43.5 Å². The van der Waals surface area contributed by atoms with E-state index in [0.717, 1.165) is 11.1 Å². The number of phenols is 1. The van der Waals surface area contributed by atoms with Gasteiger partial charge in [-0.15, -0.1) is 0 Å². The van der Waals surface area contributed by atoms with Gasteiger partial charge in [-0.2, -0.15) is 0 Å². The Bertz CT molecular complexity index is 1390. The van der Waals surface area contributed by atoms with Gasteiger partial charge in [-0.25, -0.2) is 0 Å². The van der Waals surface area contributed by atoms with Crippen LogP contribution in [-0.4, -0.2) is 49.1 Å². The van der Waals surface area contributed by atoms with Crippen LogP contribution in [0.2, 0.25) is 0 Å². The first kappa shape index (κ1) is 33.9. The summed E-state index contributed by atoms with van der Waals surface area (Å²) in [7, 11) is 1.56. The Hall–Kier alpha value is -2.61. The SMILES string of the molecule is COc1c(Br)cc(CC(NC(=O)Cc2ccc(OCCCNC(C)=O)cc2)C(=O)Nc2cc(Br)c(O)c(Br)c2)cc1Br. The summed E-state index contributed by atoms with van der Waals surface area (Å²) in [6.07, 6.45) is 0.927. The van der Waals surface area contributed by atoms with Crippen molar-refractivity contribution in [2.24, 2.45) is 0 Å². The molecule has 1 atom stereocenters. The number of hydrogen-bond acceptors (Lipinski definition) is 6. The molecule has 3 rings (SSSR count). The Kier molecular flexibility index (Phi) is 13.1. The van der Waals surface area contributed by atoms with Gasteiger partial charge < -0.3 is 30.5 Å². The summed E-state index contributed by atoms with van der Waals surface area (Å²) in [5, 5.41) is 18.4. The second-order valence-electron chi connectivity index (χ2n) is 9.20. The van der Waals surface area contributed by atoms with Crippen LogP contribution in [-0.2, 0) is 27.2 Å². The summed E-state index contributed by atoms with van der Waals surface area (Å²) < 4.78 is 13.3. The number of rotatable bonds is 13. The molecule has 0 heterocycles. The highest BCUT2D eigenvalue weighted by Crippen LogP contribution is 2.36. The molecule has 9 nitrogen and oxygen atoms in total. The topological polar surface area (TPSA) is 126 Å². The number of amides is 3. The number of aromatic hydroxyl groups is 1. The molecule has 0 saturated heterocycles. The number of hydrogen-bond donors (Lipinski definition) is 4. The number of carbonyl (C=O) groups is 3.